The number of methoxy groups -OCH3 is 1. The lowest BCUT2D eigenvalue weighted by Crippen LogP contribution is -2.21. The first-order valence-electron chi connectivity index (χ1n) is 7.86. The Morgan fingerprint density at radius 3 is 2.70 bits per heavy atom. The zero-order valence-corrected chi connectivity index (χ0v) is 15.5. The van der Waals surface area contributed by atoms with Crippen LogP contribution in [0.3, 0.4) is 0 Å². The molecule has 0 atom stereocenters. The molecule has 2 aromatic carbocycles. The molecule has 0 N–H and O–H groups in total. The molecule has 0 fully saturated rings. The summed E-state index contributed by atoms with van der Waals surface area (Å²) in [6, 6.07) is 10.3. The van der Waals surface area contributed by atoms with Crippen LogP contribution >= 0.6 is 23.2 Å². The van der Waals surface area contributed by atoms with Crippen molar-refractivity contribution in [3.05, 3.63) is 68.9 Å². The predicted octanol–water partition coefficient (Wildman–Crippen LogP) is 3.81. The van der Waals surface area contributed by atoms with Crippen LogP contribution in [0.15, 0.2) is 52.0 Å². The van der Waals surface area contributed by atoms with Gasteiger partial charge in [0.1, 0.15) is 5.75 Å². The highest BCUT2D eigenvalue weighted by Crippen LogP contribution is 2.24. The van der Waals surface area contributed by atoms with E-state index in [1.165, 1.54) is 17.0 Å². The maximum absolute atomic E-state index is 12.7. The lowest BCUT2D eigenvalue weighted by molar-refractivity contribution is 0.413. The van der Waals surface area contributed by atoms with Gasteiger partial charge in [0, 0.05) is 10.6 Å². The number of hydrogen-bond acceptors (Lipinski definition) is 6. The van der Waals surface area contributed by atoms with Crippen LogP contribution in [0.5, 0.6) is 5.75 Å². The van der Waals surface area contributed by atoms with Gasteiger partial charge in [0.2, 0.25) is 0 Å². The van der Waals surface area contributed by atoms with Crippen molar-refractivity contribution in [1.82, 2.24) is 19.7 Å². The molecule has 0 aliphatic carbocycles. The van der Waals surface area contributed by atoms with Gasteiger partial charge in [-0.2, -0.15) is 4.98 Å². The van der Waals surface area contributed by atoms with Crippen molar-refractivity contribution in [1.29, 1.82) is 0 Å². The Hall–Kier alpha value is -2.90. The lowest BCUT2D eigenvalue weighted by atomic mass is 10.2. The van der Waals surface area contributed by atoms with E-state index in [4.69, 9.17) is 32.5 Å². The van der Waals surface area contributed by atoms with E-state index in [0.717, 1.165) is 11.3 Å². The number of fused-ring (bicyclic) bond motifs is 1. The smallest absolute Gasteiger partial charge is 0.261 e. The Morgan fingerprint density at radius 1 is 1.19 bits per heavy atom. The maximum atomic E-state index is 12.7. The van der Waals surface area contributed by atoms with Gasteiger partial charge in [-0.05, 0) is 36.4 Å². The molecular formula is C18H12Cl2N4O3. The van der Waals surface area contributed by atoms with Crippen molar-refractivity contribution in [3.63, 3.8) is 0 Å². The molecule has 9 heteroatoms. The molecule has 4 rings (SSSR count). The lowest BCUT2D eigenvalue weighted by Gasteiger charge is -2.05. The molecule has 0 aliphatic heterocycles. The van der Waals surface area contributed by atoms with Gasteiger partial charge < -0.3 is 9.26 Å². The largest absolute Gasteiger partial charge is 0.497 e. The van der Waals surface area contributed by atoms with Gasteiger partial charge in [0.05, 0.1) is 35.9 Å². The van der Waals surface area contributed by atoms with Crippen molar-refractivity contribution in [2.24, 2.45) is 0 Å². The molecule has 0 aliphatic rings. The van der Waals surface area contributed by atoms with Crippen molar-refractivity contribution in [3.8, 4) is 17.2 Å². The minimum Gasteiger partial charge on any atom is -0.497 e. The highest BCUT2D eigenvalue weighted by Gasteiger charge is 2.13. The Labute approximate surface area is 163 Å². The first-order valence-corrected chi connectivity index (χ1v) is 8.62. The quantitative estimate of drug-likeness (QED) is 0.515. The summed E-state index contributed by atoms with van der Waals surface area (Å²) in [5.74, 6) is 1.42. The molecule has 0 saturated heterocycles. The molecule has 0 bridgehead atoms. The molecule has 0 radical (unpaired) electrons. The second kappa shape index (κ2) is 7.02. The fraction of sp³-hybridized carbons (Fsp3) is 0.111. The fourth-order valence-electron chi connectivity index (χ4n) is 2.63. The zero-order chi connectivity index (χ0) is 19.0. The van der Waals surface area contributed by atoms with E-state index in [1.807, 2.05) is 12.1 Å². The van der Waals surface area contributed by atoms with Gasteiger partial charge in [-0.1, -0.05) is 28.4 Å². The number of rotatable bonds is 4. The van der Waals surface area contributed by atoms with E-state index >= 15 is 0 Å². The molecular weight excluding hydrogens is 391 g/mol. The molecule has 0 spiro atoms. The van der Waals surface area contributed by atoms with Crippen molar-refractivity contribution in [2.45, 2.75) is 6.54 Å². The Kier molecular flexibility index (Phi) is 4.55. The van der Waals surface area contributed by atoms with Gasteiger partial charge in [0.15, 0.2) is 5.82 Å². The van der Waals surface area contributed by atoms with Crippen LogP contribution in [0.1, 0.15) is 5.82 Å². The Morgan fingerprint density at radius 2 is 1.96 bits per heavy atom. The zero-order valence-electron chi connectivity index (χ0n) is 14.0. The molecule has 0 amide bonds. The summed E-state index contributed by atoms with van der Waals surface area (Å²) in [6.45, 7) is 0.103. The summed E-state index contributed by atoms with van der Waals surface area (Å²) in [6.07, 6.45) is 1.40. The van der Waals surface area contributed by atoms with Gasteiger partial charge in [-0.25, -0.2) is 4.98 Å². The van der Waals surface area contributed by atoms with E-state index in [9.17, 15) is 4.79 Å². The van der Waals surface area contributed by atoms with Crippen LogP contribution < -0.4 is 10.3 Å². The van der Waals surface area contributed by atoms with Crippen LogP contribution in [0, 0.1) is 0 Å². The highest BCUT2D eigenvalue weighted by molar-refractivity contribution is 6.38. The third-order valence-electron chi connectivity index (χ3n) is 3.96. The summed E-state index contributed by atoms with van der Waals surface area (Å²) >= 11 is 12.1. The van der Waals surface area contributed by atoms with E-state index in [0.29, 0.717) is 32.7 Å². The number of halogens is 2. The first kappa shape index (κ1) is 17.5. The van der Waals surface area contributed by atoms with E-state index in [2.05, 4.69) is 15.1 Å². The second-order valence-corrected chi connectivity index (χ2v) is 6.55. The molecule has 136 valence electrons. The third-order valence-corrected chi connectivity index (χ3v) is 4.47. The minimum absolute atomic E-state index is 0.103. The van der Waals surface area contributed by atoms with Gasteiger partial charge in [-0.15, -0.1) is 0 Å². The molecule has 27 heavy (non-hydrogen) atoms. The molecule has 2 aromatic heterocycles. The third kappa shape index (κ3) is 3.39. The van der Waals surface area contributed by atoms with Crippen LogP contribution in [0.2, 0.25) is 10.0 Å². The SMILES string of the molecule is COc1ccc(-c2nc(Cn3cnc4c(Cl)cc(Cl)cc4c3=O)no2)cc1. The van der Waals surface area contributed by atoms with Gasteiger partial charge >= 0.3 is 0 Å². The average Bonchev–Trinajstić information content (AvgIpc) is 3.13. The van der Waals surface area contributed by atoms with Crippen LogP contribution in [-0.2, 0) is 6.54 Å². The Balaban J connectivity index is 1.66. The standard InChI is InChI=1S/C18H12Cl2N4O3/c1-26-12-4-2-10(3-5-12)17-22-15(23-27-17)8-24-9-21-16-13(18(24)25)6-11(19)7-14(16)20/h2-7,9H,8H2,1H3. The van der Waals surface area contributed by atoms with E-state index in [1.54, 1.807) is 25.3 Å². The topological polar surface area (TPSA) is 83.0 Å². The molecule has 2 heterocycles. The van der Waals surface area contributed by atoms with Crippen LogP contribution in [-0.4, -0.2) is 26.8 Å². The Bertz CT molecular complexity index is 1190. The minimum atomic E-state index is -0.291. The molecule has 4 aromatic rings. The number of aromatic nitrogens is 4. The van der Waals surface area contributed by atoms with Crippen molar-refractivity contribution in [2.75, 3.05) is 7.11 Å². The van der Waals surface area contributed by atoms with Gasteiger partial charge in [-0.3, -0.25) is 9.36 Å². The summed E-state index contributed by atoms with van der Waals surface area (Å²) in [4.78, 5) is 21.3. The van der Waals surface area contributed by atoms with Crippen LogP contribution in [0.4, 0.5) is 0 Å². The van der Waals surface area contributed by atoms with Crippen LogP contribution in [0.25, 0.3) is 22.4 Å². The van der Waals surface area contributed by atoms with Gasteiger partial charge in [0.25, 0.3) is 11.4 Å². The fourth-order valence-corrected chi connectivity index (χ4v) is 3.17. The summed E-state index contributed by atoms with van der Waals surface area (Å²) in [5.41, 5.74) is 0.853. The molecule has 0 saturated carbocycles. The second-order valence-electron chi connectivity index (χ2n) is 5.71. The van der Waals surface area contributed by atoms with E-state index < -0.39 is 0 Å². The predicted molar refractivity (Wildman–Crippen MR) is 101 cm³/mol. The maximum Gasteiger partial charge on any atom is 0.261 e. The summed E-state index contributed by atoms with van der Waals surface area (Å²) in [7, 11) is 1.59. The molecule has 7 nitrogen and oxygen atoms in total. The normalized spacial score (nSPS) is 11.1. The number of ether oxygens (including phenoxy) is 1. The summed E-state index contributed by atoms with van der Waals surface area (Å²) in [5, 5.41) is 4.95. The summed E-state index contributed by atoms with van der Waals surface area (Å²) < 4.78 is 11.8. The van der Waals surface area contributed by atoms with Crippen molar-refractivity contribution >= 4 is 34.1 Å². The number of nitrogens with zero attached hydrogens (tertiary/aromatic N) is 4. The average molecular weight is 403 g/mol. The monoisotopic (exact) mass is 402 g/mol. The highest BCUT2D eigenvalue weighted by atomic mass is 35.5. The van der Waals surface area contributed by atoms with E-state index in [-0.39, 0.29) is 12.1 Å². The number of hydrogen-bond donors (Lipinski definition) is 0. The first-order chi connectivity index (χ1) is 13.0. The number of benzene rings is 2. The van der Waals surface area contributed by atoms with Crippen molar-refractivity contribution < 1.29 is 9.26 Å². The molecule has 0 unspecified atom stereocenters.